The summed E-state index contributed by atoms with van der Waals surface area (Å²) in [6, 6.07) is 6.26. The van der Waals surface area contributed by atoms with E-state index in [1.165, 1.54) is 31.4 Å². The quantitative estimate of drug-likeness (QED) is 0.789. The second kappa shape index (κ2) is 6.62. The summed E-state index contributed by atoms with van der Waals surface area (Å²) in [4.78, 5) is 6.91. The van der Waals surface area contributed by atoms with Crippen molar-refractivity contribution in [2.24, 2.45) is 5.10 Å². The lowest BCUT2D eigenvalue weighted by Gasteiger charge is -2.32. The van der Waals surface area contributed by atoms with Crippen LogP contribution in [0.4, 0.5) is 32.3 Å². The number of anilines is 1. The Hall–Kier alpha value is -2.89. The number of benzene rings is 1. The second-order valence-electron chi connectivity index (χ2n) is 5.79. The molecule has 1 aliphatic heterocycles. The molecule has 0 saturated heterocycles. The highest BCUT2D eigenvalue weighted by atomic mass is 19.4. The standard InChI is InChI=1S/C16H12F6N4O2/c1-28-10-4-2-9(3-5-10)11-8-12(15(17,18)19)25-13(24-11)26-14(27,6-7-23-26)16(20,21)22/h2-5,7-8,27H,6H2,1H3/t14-/m0/s1. The highest BCUT2D eigenvalue weighted by molar-refractivity contribution is 5.68. The van der Waals surface area contributed by atoms with Crippen molar-refractivity contribution in [3.8, 4) is 17.0 Å². The number of hydrogen-bond donors (Lipinski definition) is 1. The largest absolute Gasteiger partial charge is 0.497 e. The minimum Gasteiger partial charge on any atom is -0.497 e. The summed E-state index contributed by atoms with van der Waals surface area (Å²) in [5.41, 5.74) is -5.15. The predicted octanol–water partition coefficient (Wildman–Crippen LogP) is 3.62. The summed E-state index contributed by atoms with van der Waals surface area (Å²) in [6.45, 7) is 0. The van der Waals surface area contributed by atoms with E-state index in [1.807, 2.05) is 0 Å². The van der Waals surface area contributed by atoms with Crippen molar-refractivity contribution in [2.75, 3.05) is 12.1 Å². The number of aromatic nitrogens is 2. The summed E-state index contributed by atoms with van der Waals surface area (Å²) in [5, 5.41) is 13.2. The molecule has 0 radical (unpaired) electrons. The van der Waals surface area contributed by atoms with E-state index in [2.05, 4.69) is 15.1 Å². The van der Waals surface area contributed by atoms with Crippen LogP contribution in [0.25, 0.3) is 11.3 Å². The molecule has 0 aliphatic carbocycles. The van der Waals surface area contributed by atoms with Crippen LogP contribution in [0.2, 0.25) is 0 Å². The maximum absolute atomic E-state index is 13.3. The van der Waals surface area contributed by atoms with Gasteiger partial charge in [0, 0.05) is 18.2 Å². The predicted molar refractivity (Wildman–Crippen MR) is 85.6 cm³/mol. The van der Waals surface area contributed by atoms with Gasteiger partial charge in [0.05, 0.1) is 12.8 Å². The summed E-state index contributed by atoms with van der Waals surface area (Å²) >= 11 is 0. The fourth-order valence-electron chi connectivity index (χ4n) is 2.47. The number of hydrazone groups is 1. The van der Waals surface area contributed by atoms with Crippen LogP contribution in [0.15, 0.2) is 35.4 Å². The molecule has 1 atom stereocenters. The average Bonchev–Trinajstić information content (AvgIpc) is 3.04. The zero-order chi connectivity index (χ0) is 20.7. The van der Waals surface area contributed by atoms with Gasteiger partial charge in [-0.15, -0.1) is 0 Å². The Balaban J connectivity index is 2.14. The molecule has 2 aromatic rings. The third kappa shape index (κ3) is 3.46. The Bertz CT molecular complexity index is 897. The molecule has 150 valence electrons. The number of halogens is 6. The van der Waals surface area contributed by atoms with Crippen LogP contribution in [0.3, 0.4) is 0 Å². The number of alkyl halides is 6. The minimum absolute atomic E-state index is 0.0603. The number of methoxy groups -OCH3 is 1. The molecule has 1 aliphatic rings. The van der Waals surface area contributed by atoms with Gasteiger partial charge < -0.3 is 9.84 Å². The van der Waals surface area contributed by atoms with Crippen LogP contribution in [0, 0.1) is 0 Å². The number of rotatable bonds is 3. The van der Waals surface area contributed by atoms with Crippen molar-refractivity contribution in [1.29, 1.82) is 0 Å². The van der Waals surface area contributed by atoms with Gasteiger partial charge >= 0.3 is 12.4 Å². The highest BCUT2D eigenvalue weighted by Gasteiger charge is 2.61. The fraction of sp³-hybridized carbons (Fsp3) is 0.312. The first-order valence-corrected chi connectivity index (χ1v) is 7.68. The third-order valence-electron chi connectivity index (χ3n) is 3.96. The third-order valence-corrected chi connectivity index (χ3v) is 3.96. The lowest BCUT2D eigenvalue weighted by atomic mass is 10.1. The molecular weight excluding hydrogens is 394 g/mol. The lowest BCUT2D eigenvalue weighted by Crippen LogP contribution is -2.55. The molecule has 28 heavy (non-hydrogen) atoms. The molecule has 0 spiro atoms. The van der Waals surface area contributed by atoms with Gasteiger partial charge in [-0.25, -0.2) is 9.97 Å². The number of aliphatic hydroxyl groups is 1. The smallest absolute Gasteiger partial charge is 0.438 e. The zero-order valence-electron chi connectivity index (χ0n) is 14.1. The molecule has 3 rings (SSSR count). The van der Waals surface area contributed by atoms with Crippen molar-refractivity contribution in [2.45, 2.75) is 24.5 Å². The van der Waals surface area contributed by atoms with E-state index in [0.717, 1.165) is 6.21 Å². The van der Waals surface area contributed by atoms with Crippen LogP contribution in [0.5, 0.6) is 5.75 Å². The molecule has 12 heteroatoms. The van der Waals surface area contributed by atoms with E-state index in [9.17, 15) is 31.4 Å². The average molecular weight is 406 g/mol. The Labute approximate surface area is 154 Å². The second-order valence-corrected chi connectivity index (χ2v) is 5.79. The van der Waals surface area contributed by atoms with E-state index in [1.54, 1.807) is 0 Å². The maximum atomic E-state index is 13.3. The van der Waals surface area contributed by atoms with Crippen LogP contribution < -0.4 is 9.75 Å². The Morgan fingerprint density at radius 2 is 1.71 bits per heavy atom. The van der Waals surface area contributed by atoms with Crippen LogP contribution in [-0.2, 0) is 6.18 Å². The Morgan fingerprint density at radius 3 is 2.25 bits per heavy atom. The minimum atomic E-state index is -5.21. The number of hydrogen-bond acceptors (Lipinski definition) is 6. The number of nitrogens with zero attached hydrogens (tertiary/aromatic N) is 4. The van der Waals surface area contributed by atoms with E-state index in [-0.39, 0.29) is 16.3 Å². The maximum Gasteiger partial charge on any atom is 0.438 e. The lowest BCUT2D eigenvalue weighted by molar-refractivity contribution is -0.254. The van der Waals surface area contributed by atoms with Crippen molar-refractivity contribution < 1.29 is 36.2 Å². The van der Waals surface area contributed by atoms with Crippen molar-refractivity contribution >= 4 is 12.2 Å². The first-order valence-electron chi connectivity index (χ1n) is 7.68. The molecular formula is C16H12F6N4O2. The molecule has 0 amide bonds. The summed E-state index contributed by atoms with van der Waals surface area (Å²) in [7, 11) is 1.39. The summed E-state index contributed by atoms with van der Waals surface area (Å²) in [6.07, 6.45) is -10.4. The van der Waals surface area contributed by atoms with Gasteiger partial charge in [0.2, 0.25) is 5.95 Å². The molecule has 1 N–H and O–H groups in total. The molecule has 1 aromatic heterocycles. The van der Waals surface area contributed by atoms with Gasteiger partial charge in [0.1, 0.15) is 5.75 Å². The Kier molecular flexibility index (Phi) is 4.69. The van der Waals surface area contributed by atoms with Crippen molar-refractivity contribution in [3.05, 3.63) is 36.0 Å². The molecule has 6 nitrogen and oxygen atoms in total. The normalized spacial score (nSPS) is 19.9. The monoisotopic (exact) mass is 406 g/mol. The van der Waals surface area contributed by atoms with E-state index >= 15 is 0 Å². The van der Waals surface area contributed by atoms with Crippen LogP contribution in [0.1, 0.15) is 12.1 Å². The van der Waals surface area contributed by atoms with E-state index in [0.29, 0.717) is 11.8 Å². The first kappa shape index (κ1) is 19.9. The first-order chi connectivity index (χ1) is 13.0. The van der Waals surface area contributed by atoms with Crippen molar-refractivity contribution in [3.63, 3.8) is 0 Å². The van der Waals surface area contributed by atoms with Crippen molar-refractivity contribution in [1.82, 2.24) is 9.97 Å². The van der Waals surface area contributed by atoms with Crippen LogP contribution in [-0.4, -0.2) is 40.3 Å². The van der Waals surface area contributed by atoms with Gasteiger partial charge in [0.15, 0.2) is 5.69 Å². The topological polar surface area (TPSA) is 70.8 Å². The molecule has 2 heterocycles. The van der Waals surface area contributed by atoms with Gasteiger partial charge in [-0.2, -0.15) is 36.5 Å². The van der Waals surface area contributed by atoms with E-state index in [4.69, 9.17) is 4.74 Å². The van der Waals surface area contributed by atoms with Gasteiger partial charge in [-0.05, 0) is 30.3 Å². The SMILES string of the molecule is COc1ccc(-c2cc(C(F)(F)F)nc(N3N=CC[C@]3(O)C(F)(F)F)n2)cc1. The fourth-order valence-corrected chi connectivity index (χ4v) is 2.47. The summed E-state index contributed by atoms with van der Waals surface area (Å²) in [5.74, 6) is -0.612. The van der Waals surface area contributed by atoms with Gasteiger partial charge in [-0.3, -0.25) is 0 Å². The molecule has 0 fully saturated rings. The molecule has 0 saturated carbocycles. The van der Waals surface area contributed by atoms with Crippen LogP contribution >= 0.6 is 0 Å². The zero-order valence-corrected chi connectivity index (χ0v) is 14.1. The Morgan fingerprint density at radius 1 is 1.07 bits per heavy atom. The van der Waals surface area contributed by atoms with E-state index < -0.39 is 36.1 Å². The van der Waals surface area contributed by atoms with Gasteiger partial charge in [0.25, 0.3) is 5.72 Å². The number of ether oxygens (including phenoxy) is 1. The molecule has 0 unspecified atom stereocenters. The molecule has 0 bridgehead atoms. The summed E-state index contributed by atoms with van der Waals surface area (Å²) < 4.78 is 84.5. The van der Waals surface area contributed by atoms with Gasteiger partial charge in [-0.1, -0.05) is 0 Å². The molecule has 1 aromatic carbocycles. The highest BCUT2D eigenvalue weighted by Crippen LogP contribution is 2.41.